The zero-order valence-electron chi connectivity index (χ0n) is 17.5. The Morgan fingerprint density at radius 2 is 2.00 bits per heavy atom. The third kappa shape index (κ3) is 6.46. The first-order valence-electron chi connectivity index (χ1n) is 10.3. The third-order valence-corrected chi connectivity index (χ3v) is 5.83. The highest BCUT2D eigenvalue weighted by Gasteiger charge is 2.55. The van der Waals surface area contributed by atoms with Crippen LogP contribution in [0.15, 0.2) is 23.4 Å². The molecule has 8 nitrogen and oxygen atoms in total. The zero-order valence-corrected chi connectivity index (χ0v) is 18.3. The van der Waals surface area contributed by atoms with Crippen molar-refractivity contribution in [1.29, 1.82) is 0 Å². The SMILES string of the molecule is CNC=O.O=NC1(C(=O)NCc2cc(F)cc(Cl)c2)CCN(CC2CCCCC2)C1=O. The first-order valence-corrected chi connectivity index (χ1v) is 10.7. The summed E-state index contributed by atoms with van der Waals surface area (Å²) in [5.41, 5.74) is -1.48. The van der Waals surface area contributed by atoms with Crippen LogP contribution in [0.3, 0.4) is 0 Å². The minimum absolute atomic E-state index is 0.0382. The number of nitrogens with zero attached hydrogens (tertiary/aromatic N) is 2. The molecule has 0 aromatic heterocycles. The van der Waals surface area contributed by atoms with Gasteiger partial charge in [-0.3, -0.25) is 14.4 Å². The molecule has 1 heterocycles. The van der Waals surface area contributed by atoms with Crippen molar-refractivity contribution in [3.05, 3.63) is 39.5 Å². The van der Waals surface area contributed by atoms with Gasteiger partial charge in [0.2, 0.25) is 6.41 Å². The van der Waals surface area contributed by atoms with E-state index in [2.05, 4.69) is 15.8 Å². The lowest BCUT2D eigenvalue weighted by Crippen LogP contribution is -2.51. The molecular weight excluding hydrogens is 427 g/mol. The Kier molecular flexibility index (Phi) is 9.36. The summed E-state index contributed by atoms with van der Waals surface area (Å²) >= 11 is 5.80. The van der Waals surface area contributed by atoms with Crippen LogP contribution in [0.4, 0.5) is 4.39 Å². The van der Waals surface area contributed by atoms with E-state index in [1.807, 2.05) is 0 Å². The van der Waals surface area contributed by atoms with Gasteiger partial charge in [0.15, 0.2) is 0 Å². The topological polar surface area (TPSA) is 108 Å². The summed E-state index contributed by atoms with van der Waals surface area (Å²) in [5.74, 6) is -1.37. The Morgan fingerprint density at radius 3 is 2.58 bits per heavy atom. The number of benzene rings is 1. The average Bonchev–Trinajstić information content (AvgIpc) is 3.08. The molecule has 3 rings (SSSR count). The number of rotatable bonds is 7. The summed E-state index contributed by atoms with van der Waals surface area (Å²) in [6, 6.07) is 3.90. The number of hydrogen-bond acceptors (Lipinski definition) is 5. The molecule has 1 unspecified atom stereocenters. The molecule has 1 aliphatic carbocycles. The van der Waals surface area contributed by atoms with Gasteiger partial charge >= 0.3 is 0 Å². The number of halogens is 2. The summed E-state index contributed by atoms with van der Waals surface area (Å²) in [7, 11) is 1.56. The standard InChI is InChI=1S/C19H23ClFN3O3.C2H5NO/c20-15-8-14(9-16(21)10-15)11-22-17(25)19(23-27)6-7-24(18(19)26)12-13-4-2-1-3-5-13;1-3-2-4/h8-10,13H,1-7,11-12H2,(H,22,25);2H,1H3,(H,3,4). The maximum atomic E-state index is 13.4. The van der Waals surface area contributed by atoms with Crippen LogP contribution in [0.25, 0.3) is 0 Å². The van der Waals surface area contributed by atoms with Crippen LogP contribution in [0.1, 0.15) is 44.1 Å². The van der Waals surface area contributed by atoms with E-state index in [0.717, 1.165) is 31.7 Å². The van der Waals surface area contributed by atoms with E-state index in [9.17, 15) is 18.9 Å². The maximum absolute atomic E-state index is 13.4. The number of nitroso groups, excluding NO2 is 1. The van der Waals surface area contributed by atoms with Crippen molar-refractivity contribution in [2.75, 3.05) is 20.1 Å². The van der Waals surface area contributed by atoms with Crippen LogP contribution in [0, 0.1) is 16.6 Å². The molecule has 1 atom stereocenters. The highest BCUT2D eigenvalue weighted by molar-refractivity contribution is 6.30. The van der Waals surface area contributed by atoms with Crippen molar-refractivity contribution in [1.82, 2.24) is 15.5 Å². The van der Waals surface area contributed by atoms with E-state index in [1.54, 1.807) is 11.9 Å². The van der Waals surface area contributed by atoms with Crippen LogP contribution < -0.4 is 10.6 Å². The van der Waals surface area contributed by atoms with E-state index in [-0.39, 0.29) is 18.0 Å². The molecule has 0 radical (unpaired) electrons. The molecule has 2 N–H and O–H groups in total. The zero-order chi connectivity index (χ0) is 22.9. The molecule has 0 bridgehead atoms. The van der Waals surface area contributed by atoms with Crippen LogP contribution >= 0.6 is 11.6 Å². The number of carbonyl (C=O) groups is 3. The predicted octanol–water partition coefficient (Wildman–Crippen LogP) is 2.78. The van der Waals surface area contributed by atoms with E-state index >= 15 is 0 Å². The molecule has 1 saturated heterocycles. The van der Waals surface area contributed by atoms with Gasteiger partial charge in [-0.25, -0.2) is 4.39 Å². The second-order valence-corrected chi connectivity index (χ2v) is 8.26. The number of hydrogen-bond donors (Lipinski definition) is 2. The summed E-state index contributed by atoms with van der Waals surface area (Å²) < 4.78 is 13.4. The van der Waals surface area contributed by atoms with E-state index in [1.165, 1.54) is 18.6 Å². The Bertz CT molecular complexity index is 783. The smallest absolute Gasteiger partial charge is 0.264 e. The monoisotopic (exact) mass is 454 g/mol. The number of likely N-dealkylation sites (tertiary alicyclic amines) is 1. The fraction of sp³-hybridized carbons (Fsp3) is 0.571. The molecular formula is C21H28ClFN4O4. The predicted molar refractivity (Wildman–Crippen MR) is 115 cm³/mol. The molecule has 1 aromatic rings. The number of nitrogens with one attached hydrogen (secondary N) is 2. The largest absolute Gasteiger partial charge is 0.362 e. The van der Waals surface area contributed by atoms with Gasteiger partial charge in [0.25, 0.3) is 17.4 Å². The first kappa shape index (κ1) is 24.7. The highest BCUT2D eigenvalue weighted by Crippen LogP contribution is 2.31. The molecule has 10 heteroatoms. The van der Waals surface area contributed by atoms with Crippen molar-refractivity contribution in [2.45, 2.75) is 50.6 Å². The van der Waals surface area contributed by atoms with Crippen molar-refractivity contribution < 1.29 is 18.8 Å². The van der Waals surface area contributed by atoms with Gasteiger partial charge in [0.1, 0.15) is 5.82 Å². The quantitative estimate of drug-likeness (QED) is 0.375. The van der Waals surface area contributed by atoms with Gasteiger partial charge in [0, 0.05) is 38.1 Å². The lowest BCUT2D eigenvalue weighted by Gasteiger charge is -2.27. The Balaban J connectivity index is 0.000000785. The van der Waals surface area contributed by atoms with E-state index in [4.69, 9.17) is 16.4 Å². The molecule has 1 aromatic carbocycles. The second kappa shape index (κ2) is 11.7. The third-order valence-electron chi connectivity index (χ3n) is 5.61. The van der Waals surface area contributed by atoms with Crippen molar-refractivity contribution >= 4 is 29.8 Å². The lowest BCUT2D eigenvalue weighted by atomic mass is 9.89. The highest BCUT2D eigenvalue weighted by atomic mass is 35.5. The molecule has 31 heavy (non-hydrogen) atoms. The van der Waals surface area contributed by atoms with Crippen LogP contribution in [0.5, 0.6) is 0 Å². The fourth-order valence-corrected chi connectivity index (χ4v) is 4.25. The molecule has 2 aliphatic rings. The van der Waals surface area contributed by atoms with Gasteiger partial charge in [-0.05, 0) is 47.7 Å². The minimum atomic E-state index is -1.92. The van der Waals surface area contributed by atoms with E-state index < -0.39 is 23.2 Å². The Morgan fingerprint density at radius 1 is 1.32 bits per heavy atom. The van der Waals surface area contributed by atoms with Gasteiger partial charge in [-0.2, -0.15) is 0 Å². The van der Waals surface area contributed by atoms with Crippen LogP contribution in [-0.4, -0.2) is 48.8 Å². The number of carbonyl (C=O) groups excluding carboxylic acids is 3. The molecule has 1 aliphatic heterocycles. The summed E-state index contributed by atoms with van der Waals surface area (Å²) in [5, 5.41) is 7.93. The van der Waals surface area contributed by atoms with Crippen molar-refractivity contribution in [3.8, 4) is 0 Å². The lowest BCUT2D eigenvalue weighted by molar-refractivity contribution is -0.140. The van der Waals surface area contributed by atoms with Crippen molar-refractivity contribution in [2.24, 2.45) is 11.1 Å². The number of amides is 3. The first-order chi connectivity index (χ1) is 14.9. The molecule has 170 valence electrons. The van der Waals surface area contributed by atoms with Crippen LogP contribution in [0.2, 0.25) is 5.02 Å². The Labute approximate surface area is 185 Å². The maximum Gasteiger partial charge on any atom is 0.264 e. The average molecular weight is 455 g/mol. The second-order valence-electron chi connectivity index (χ2n) is 7.82. The van der Waals surface area contributed by atoms with Gasteiger partial charge in [0.05, 0.1) is 0 Å². The summed E-state index contributed by atoms with van der Waals surface area (Å²) in [6.45, 7) is 0.882. The molecule has 0 spiro atoms. The Hall–Kier alpha value is -2.55. The normalized spacial score (nSPS) is 21.1. The van der Waals surface area contributed by atoms with Gasteiger partial charge < -0.3 is 15.5 Å². The van der Waals surface area contributed by atoms with E-state index in [0.29, 0.717) is 31.0 Å². The molecule has 3 amide bonds. The van der Waals surface area contributed by atoms with Gasteiger partial charge in [-0.1, -0.05) is 30.9 Å². The van der Waals surface area contributed by atoms with Gasteiger partial charge in [-0.15, -0.1) is 4.91 Å². The van der Waals surface area contributed by atoms with Crippen molar-refractivity contribution in [3.63, 3.8) is 0 Å². The molecule has 1 saturated carbocycles. The molecule has 2 fully saturated rings. The summed E-state index contributed by atoms with van der Waals surface area (Å²) in [4.78, 5) is 47.5. The van der Waals surface area contributed by atoms with Crippen LogP contribution in [-0.2, 0) is 20.9 Å². The minimum Gasteiger partial charge on any atom is -0.362 e. The fourth-order valence-electron chi connectivity index (χ4n) is 4.00. The summed E-state index contributed by atoms with van der Waals surface area (Å²) in [6.07, 6.45) is 6.35.